The van der Waals surface area contributed by atoms with Crippen molar-refractivity contribution in [2.24, 2.45) is 7.05 Å². The van der Waals surface area contributed by atoms with Crippen molar-refractivity contribution in [3.05, 3.63) is 57.6 Å². The lowest BCUT2D eigenvalue weighted by atomic mass is 10.2. The minimum absolute atomic E-state index is 0.00467. The third kappa shape index (κ3) is 4.66. The summed E-state index contributed by atoms with van der Waals surface area (Å²) in [7, 11) is 3.31. The van der Waals surface area contributed by atoms with Crippen LogP contribution in [0.15, 0.2) is 47.6 Å². The zero-order valence-electron chi connectivity index (χ0n) is 15.5. The van der Waals surface area contributed by atoms with E-state index in [0.29, 0.717) is 27.3 Å². The first-order valence-corrected chi connectivity index (χ1v) is 9.66. The second-order valence-corrected chi connectivity index (χ2v) is 7.20. The minimum atomic E-state index is -0.546. The normalized spacial score (nSPS) is 10.6. The molecule has 3 aromatic rings. The number of aromatic nitrogens is 3. The van der Waals surface area contributed by atoms with Crippen LogP contribution in [0.2, 0.25) is 5.02 Å². The highest BCUT2D eigenvalue weighted by molar-refractivity contribution is 7.99. The third-order valence-electron chi connectivity index (χ3n) is 3.94. The average Bonchev–Trinajstić information content (AvgIpc) is 3.07. The van der Waals surface area contributed by atoms with Crippen LogP contribution in [-0.2, 0) is 11.8 Å². The minimum Gasteiger partial charge on any atom is -0.496 e. The summed E-state index contributed by atoms with van der Waals surface area (Å²) in [6, 6.07) is 11.1. The van der Waals surface area contributed by atoms with Crippen LogP contribution in [0.4, 0.5) is 11.4 Å². The van der Waals surface area contributed by atoms with Crippen molar-refractivity contribution in [1.82, 2.24) is 14.8 Å². The molecule has 0 bridgehead atoms. The number of nitro benzene ring substituents is 1. The van der Waals surface area contributed by atoms with E-state index in [2.05, 4.69) is 15.5 Å². The first-order chi connectivity index (χ1) is 13.9. The number of para-hydroxylation sites is 2. The molecular formula is C18H16ClN5O4S. The van der Waals surface area contributed by atoms with Crippen LogP contribution in [-0.4, -0.2) is 38.5 Å². The number of halogens is 1. The first kappa shape index (κ1) is 20.6. The number of nitrogens with zero attached hydrogens (tertiary/aromatic N) is 4. The fourth-order valence-electron chi connectivity index (χ4n) is 2.59. The summed E-state index contributed by atoms with van der Waals surface area (Å²) in [5.74, 6) is 0.737. The van der Waals surface area contributed by atoms with Gasteiger partial charge >= 0.3 is 0 Å². The molecule has 0 aliphatic carbocycles. The van der Waals surface area contributed by atoms with Crippen LogP contribution in [0.25, 0.3) is 11.4 Å². The molecule has 0 fully saturated rings. The number of hydrogen-bond acceptors (Lipinski definition) is 7. The number of thioether (sulfide) groups is 1. The van der Waals surface area contributed by atoms with Crippen LogP contribution >= 0.6 is 23.4 Å². The van der Waals surface area contributed by atoms with Gasteiger partial charge in [0.15, 0.2) is 11.0 Å². The monoisotopic (exact) mass is 433 g/mol. The van der Waals surface area contributed by atoms with Gasteiger partial charge in [-0.15, -0.1) is 10.2 Å². The molecule has 9 nitrogen and oxygen atoms in total. The van der Waals surface area contributed by atoms with Crippen molar-refractivity contribution < 1.29 is 14.5 Å². The Morgan fingerprint density at radius 2 is 2.07 bits per heavy atom. The van der Waals surface area contributed by atoms with Gasteiger partial charge in [0.25, 0.3) is 5.69 Å². The summed E-state index contributed by atoms with van der Waals surface area (Å²) in [6.45, 7) is 0. The topological polar surface area (TPSA) is 112 Å². The molecule has 0 saturated carbocycles. The van der Waals surface area contributed by atoms with E-state index in [1.165, 1.54) is 18.2 Å². The molecule has 0 saturated heterocycles. The van der Waals surface area contributed by atoms with E-state index in [1.807, 2.05) is 0 Å². The van der Waals surface area contributed by atoms with Crippen molar-refractivity contribution in [1.29, 1.82) is 0 Å². The van der Waals surface area contributed by atoms with Crippen molar-refractivity contribution in [2.45, 2.75) is 5.16 Å². The Kier molecular flexibility index (Phi) is 6.35. The summed E-state index contributed by atoms with van der Waals surface area (Å²) < 4.78 is 7.07. The highest BCUT2D eigenvalue weighted by Crippen LogP contribution is 2.32. The zero-order chi connectivity index (χ0) is 21.0. The van der Waals surface area contributed by atoms with E-state index in [-0.39, 0.29) is 17.1 Å². The highest BCUT2D eigenvalue weighted by Gasteiger charge is 2.18. The number of amides is 1. The van der Waals surface area contributed by atoms with Gasteiger partial charge in [0.2, 0.25) is 5.91 Å². The van der Waals surface area contributed by atoms with E-state index < -0.39 is 10.8 Å². The molecular weight excluding hydrogens is 418 g/mol. The number of rotatable bonds is 7. The standard InChI is InChI=1S/C18H16ClN5O4S/c1-23-17(12-9-11(19)7-8-15(12)28-2)21-22-18(23)29-10-16(25)20-13-5-3-4-6-14(13)24(26)27/h3-9H,10H2,1-2H3,(H,20,25). The fraction of sp³-hybridized carbons (Fsp3) is 0.167. The molecule has 0 aliphatic rings. The fourth-order valence-corrected chi connectivity index (χ4v) is 3.47. The van der Waals surface area contributed by atoms with Crippen molar-refractivity contribution in [2.75, 3.05) is 18.2 Å². The summed E-state index contributed by atoms with van der Waals surface area (Å²) in [6.07, 6.45) is 0. The molecule has 11 heteroatoms. The molecule has 29 heavy (non-hydrogen) atoms. The lowest BCUT2D eigenvalue weighted by Crippen LogP contribution is -2.15. The Morgan fingerprint density at radius 3 is 2.79 bits per heavy atom. The Labute approximate surface area is 175 Å². The summed E-state index contributed by atoms with van der Waals surface area (Å²) in [4.78, 5) is 22.7. The van der Waals surface area contributed by atoms with E-state index in [9.17, 15) is 14.9 Å². The van der Waals surface area contributed by atoms with E-state index >= 15 is 0 Å². The van der Waals surface area contributed by atoms with Gasteiger partial charge in [-0.25, -0.2) is 0 Å². The third-order valence-corrected chi connectivity index (χ3v) is 5.20. The quantitative estimate of drug-likeness (QED) is 0.342. The summed E-state index contributed by atoms with van der Waals surface area (Å²) >= 11 is 7.23. The van der Waals surface area contributed by atoms with Gasteiger partial charge in [0.1, 0.15) is 11.4 Å². The Morgan fingerprint density at radius 1 is 1.31 bits per heavy atom. The smallest absolute Gasteiger partial charge is 0.292 e. The Bertz CT molecular complexity index is 1070. The number of benzene rings is 2. The zero-order valence-corrected chi connectivity index (χ0v) is 17.0. The summed E-state index contributed by atoms with van der Waals surface area (Å²) in [5, 5.41) is 22.9. The molecule has 2 aromatic carbocycles. The molecule has 1 amide bonds. The van der Waals surface area contributed by atoms with Gasteiger partial charge < -0.3 is 14.6 Å². The van der Waals surface area contributed by atoms with E-state index in [0.717, 1.165) is 11.8 Å². The predicted molar refractivity (Wildman–Crippen MR) is 110 cm³/mol. The number of carbonyl (C=O) groups excluding carboxylic acids is 1. The molecule has 0 radical (unpaired) electrons. The molecule has 1 aromatic heterocycles. The number of carbonyl (C=O) groups is 1. The van der Waals surface area contributed by atoms with Gasteiger partial charge in [0, 0.05) is 18.1 Å². The molecule has 1 N–H and O–H groups in total. The van der Waals surface area contributed by atoms with Crippen molar-refractivity contribution in [3.8, 4) is 17.1 Å². The average molecular weight is 434 g/mol. The number of anilines is 1. The second-order valence-electron chi connectivity index (χ2n) is 5.82. The largest absolute Gasteiger partial charge is 0.496 e. The van der Waals surface area contributed by atoms with E-state index in [4.69, 9.17) is 16.3 Å². The van der Waals surface area contributed by atoms with Gasteiger partial charge in [0.05, 0.1) is 23.3 Å². The maximum absolute atomic E-state index is 12.2. The van der Waals surface area contributed by atoms with Gasteiger partial charge in [-0.1, -0.05) is 35.5 Å². The van der Waals surface area contributed by atoms with Crippen LogP contribution in [0.3, 0.4) is 0 Å². The number of methoxy groups -OCH3 is 1. The van der Waals surface area contributed by atoms with Crippen molar-refractivity contribution >= 4 is 40.6 Å². The molecule has 1 heterocycles. The van der Waals surface area contributed by atoms with Crippen LogP contribution < -0.4 is 10.1 Å². The van der Waals surface area contributed by atoms with Crippen LogP contribution in [0.1, 0.15) is 0 Å². The molecule has 3 rings (SSSR count). The van der Waals surface area contributed by atoms with Crippen LogP contribution in [0, 0.1) is 10.1 Å². The number of nitro groups is 1. The van der Waals surface area contributed by atoms with Crippen LogP contribution in [0.5, 0.6) is 5.75 Å². The molecule has 0 unspecified atom stereocenters. The number of hydrogen-bond donors (Lipinski definition) is 1. The SMILES string of the molecule is COc1ccc(Cl)cc1-c1nnc(SCC(=O)Nc2ccccc2[N+](=O)[O-])n1C. The number of nitrogens with one attached hydrogen (secondary N) is 1. The maximum atomic E-state index is 12.2. The van der Waals surface area contributed by atoms with Gasteiger partial charge in [-0.05, 0) is 24.3 Å². The van der Waals surface area contributed by atoms with Gasteiger partial charge in [-0.3, -0.25) is 14.9 Å². The lowest BCUT2D eigenvalue weighted by Gasteiger charge is -2.09. The molecule has 0 spiro atoms. The molecule has 150 valence electrons. The molecule has 0 aliphatic heterocycles. The Hall–Kier alpha value is -3.11. The van der Waals surface area contributed by atoms with E-state index in [1.54, 1.807) is 43.0 Å². The lowest BCUT2D eigenvalue weighted by molar-refractivity contribution is -0.383. The highest BCUT2D eigenvalue weighted by atomic mass is 35.5. The maximum Gasteiger partial charge on any atom is 0.292 e. The van der Waals surface area contributed by atoms with Crippen molar-refractivity contribution in [3.63, 3.8) is 0 Å². The van der Waals surface area contributed by atoms with Gasteiger partial charge in [-0.2, -0.15) is 0 Å². The second kappa shape index (κ2) is 8.93. The molecule has 0 atom stereocenters. The number of ether oxygens (including phenoxy) is 1. The predicted octanol–water partition coefficient (Wildman–Crippen LogP) is 3.78. The first-order valence-electron chi connectivity index (χ1n) is 8.30. The Balaban J connectivity index is 1.72. The summed E-state index contributed by atoms with van der Waals surface area (Å²) in [5.41, 5.74) is 0.650.